The van der Waals surface area contributed by atoms with Crippen molar-refractivity contribution in [3.8, 4) is 5.75 Å². The zero-order chi connectivity index (χ0) is 17.2. The van der Waals surface area contributed by atoms with E-state index in [9.17, 15) is 5.11 Å². The molecule has 0 radical (unpaired) electrons. The molecule has 1 unspecified atom stereocenters. The molecule has 0 bridgehead atoms. The van der Waals surface area contributed by atoms with Crippen LogP contribution >= 0.6 is 11.6 Å². The molecular weight excluding hydrogens is 334 g/mol. The van der Waals surface area contributed by atoms with Crippen LogP contribution in [0.4, 0.5) is 0 Å². The van der Waals surface area contributed by atoms with Gasteiger partial charge in [-0.1, -0.05) is 24.1 Å². The molecule has 1 aromatic carbocycles. The van der Waals surface area contributed by atoms with E-state index in [0.29, 0.717) is 10.5 Å². The van der Waals surface area contributed by atoms with Crippen LogP contribution in [0, 0.1) is 0 Å². The van der Waals surface area contributed by atoms with Crippen molar-refractivity contribution in [2.45, 2.75) is 25.3 Å². The van der Waals surface area contributed by atoms with Gasteiger partial charge in [0.25, 0.3) is 0 Å². The molecule has 3 heterocycles. The van der Waals surface area contributed by atoms with E-state index in [1.54, 1.807) is 12.4 Å². The summed E-state index contributed by atoms with van der Waals surface area (Å²) in [6, 6.07) is 11.4. The lowest BCUT2D eigenvalue weighted by atomic mass is 9.96. The molecule has 0 aliphatic carbocycles. The SMILES string of the molecule is Oc1c(C(c2ccccn2)N2CCCCC2)cc(Cl)c2cccnc12. The van der Waals surface area contributed by atoms with Crippen molar-refractivity contribution in [2.75, 3.05) is 13.1 Å². The van der Waals surface area contributed by atoms with Crippen LogP contribution in [-0.2, 0) is 0 Å². The van der Waals surface area contributed by atoms with Gasteiger partial charge in [0.15, 0.2) is 0 Å². The lowest BCUT2D eigenvalue weighted by Gasteiger charge is -2.35. The summed E-state index contributed by atoms with van der Waals surface area (Å²) in [6.07, 6.45) is 7.04. The Kier molecular flexibility index (Phi) is 4.55. The maximum Gasteiger partial charge on any atom is 0.147 e. The molecule has 1 aliphatic heterocycles. The van der Waals surface area contributed by atoms with E-state index in [-0.39, 0.29) is 11.8 Å². The summed E-state index contributed by atoms with van der Waals surface area (Å²) < 4.78 is 0. The Morgan fingerprint density at radius 3 is 2.56 bits per heavy atom. The Morgan fingerprint density at radius 1 is 1.00 bits per heavy atom. The summed E-state index contributed by atoms with van der Waals surface area (Å²) in [5.41, 5.74) is 2.24. The van der Waals surface area contributed by atoms with Gasteiger partial charge in [-0.25, -0.2) is 0 Å². The van der Waals surface area contributed by atoms with Crippen LogP contribution in [-0.4, -0.2) is 33.1 Å². The van der Waals surface area contributed by atoms with E-state index < -0.39 is 0 Å². The number of hydrogen-bond donors (Lipinski definition) is 1. The molecule has 5 heteroatoms. The van der Waals surface area contributed by atoms with Crippen molar-refractivity contribution < 1.29 is 5.11 Å². The summed E-state index contributed by atoms with van der Waals surface area (Å²) in [5.74, 6) is 0.196. The zero-order valence-corrected chi connectivity index (χ0v) is 14.7. The number of fused-ring (bicyclic) bond motifs is 1. The second-order valence-corrected chi connectivity index (χ2v) is 6.86. The molecule has 1 atom stereocenters. The lowest BCUT2D eigenvalue weighted by molar-refractivity contribution is 0.182. The van der Waals surface area contributed by atoms with E-state index >= 15 is 0 Å². The lowest BCUT2D eigenvalue weighted by Crippen LogP contribution is -2.34. The van der Waals surface area contributed by atoms with E-state index in [2.05, 4.69) is 14.9 Å². The number of phenolic OH excluding ortho intramolecular Hbond substituents is 1. The fraction of sp³-hybridized carbons (Fsp3) is 0.300. The smallest absolute Gasteiger partial charge is 0.147 e. The van der Waals surface area contributed by atoms with Crippen molar-refractivity contribution in [1.29, 1.82) is 0 Å². The number of rotatable bonds is 3. The molecule has 1 saturated heterocycles. The summed E-state index contributed by atoms with van der Waals surface area (Å²) in [5, 5.41) is 12.3. The highest BCUT2D eigenvalue weighted by Crippen LogP contribution is 2.41. The van der Waals surface area contributed by atoms with Gasteiger partial charge in [0.1, 0.15) is 11.3 Å². The fourth-order valence-electron chi connectivity index (χ4n) is 3.67. The van der Waals surface area contributed by atoms with E-state index in [0.717, 1.165) is 42.6 Å². The third kappa shape index (κ3) is 3.08. The van der Waals surface area contributed by atoms with Crippen molar-refractivity contribution in [3.05, 3.63) is 65.1 Å². The highest BCUT2D eigenvalue weighted by atomic mass is 35.5. The molecule has 1 aliphatic rings. The van der Waals surface area contributed by atoms with Crippen molar-refractivity contribution in [1.82, 2.24) is 14.9 Å². The quantitative estimate of drug-likeness (QED) is 0.749. The van der Waals surface area contributed by atoms with Crippen LogP contribution < -0.4 is 0 Å². The molecule has 25 heavy (non-hydrogen) atoms. The van der Waals surface area contributed by atoms with Gasteiger partial charge in [0, 0.05) is 23.3 Å². The van der Waals surface area contributed by atoms with Gasteiger partial charge in [-0.15, -0.1) is 0 Å². The molecule has 3 aromatic rings. The second kappa shape index (κ2) is 6.98. The van der Waals surface area contributed by atoms with E-state index in [1.807, 2.05) is 36.4 Å². The molecule has 0 amide bonds. The van der Waals surface area contributed by atoms with Crippen molar-refractivity contribution in [2.24, 2.45) is 0 Å². The summed E-state index contributed by atoms with van der Waals surface area (Å²) >= 11 is 6.51. The Hall–Kier alpha value is -2.17. The van der Waals surface area contributed by atoms with Crippen LogP contribution in [0.3, 0.4) is 0 Å². The normalized spacial score (nSPS) is 16.8. The largest absolute Gasteiger partial charge is 0.505 e. The summed E-state index contributed by atoms with van der Waals surface area (Å²) in [7, 11) is 0. The predicted octanol–water partition coefficient (Wildman–Crippen LogP) is 4.56. The number of likely N-dealkylation sites (tertiary alicyclic amines) is 1. The van der Waals surface area contributed by atoms with Gasteiger partial charge in [-0.3, -0.25) is 14.9 Å². The maximum absolute atomic E-state index is 11.0. The fourth-order valence-corrected chi connectivity index (χ4v) is 3.94. The number of halogens is 1. The first-order valence-electron chi connectivity index (χ1n) is 8.67. The number of benzene rings is 1. The average Bonchev–Trinajstić information content (AvgIpc) is 2.68. The Balaban J connectivity index is 1.90. The van der Waals surface area contributed by atoms with E-state index in [4.69, 9.17) is 11.6 Å². The molecular formula is C20H20ClN3O. The number of aromatic nitrogens is 2. The summed E-state index contributed by atoms with van der Waals surface area (Å²) in [6.45, 7) is 1.97. The Morgan fingerprint density at radius 2 is 1.80 bits per heavy atom. The number of nitrogens with zero attached hydrogens (tertiary/aromatic N) is 3. The maximum atomic E-state index is 11.0. The minimum atomic E-state index is -0.120. The average molecular weight is 354 g/mol. The number of phenols is 1. The number of piperidine rings is 1. The minimum Gasteiger partial charge on any atom is -0.505 e. The van der Waals surface area contributed by atoms with Crippen molar-refractivity contribution in [3.63, 3.8) is 0 Å². The molecule has 1 N–H and O–H groups in total. The predicted molar refractivity (Wildman–Crippen MR) is 99.9 cm³/mol. The van der Waals surface area contributed by atoms with Crippen LogP contribution in [0.1, 0.15) is 36.6 Å². The highest BCUT2D eigenvalue weighted by Gasteiger charge is 2.28. The zero-order valence-electron chi connectivity index (χ0n) is 13.9. The first-order chi connectivity index (χ1) is 12.3. The molecule has 0 saturated carbocycles. The molecule has 2 aromatic heterocycles. The monoisotopic (exact) mass is 353 g/mol. The molecule has 4 nitrogen and oxygen atoms in total. The second-order valence-electron chi connectivity index (χ2n) is 6.45. The third-order valence-corrected chi connectivity index (χ3v) is 5.18. The topological polar surface area (TPSA) is 49.3 Å². The molecule has 0 spiro atoms. The Labute approximate surface area is 152 Å². The molecule has 128 valence electrons. The van der Waals surface area contributed by atoms with Gasteiger partial charge in [0.2, 0.25) is 0 Å². The first-order valence-corrected chi connectivity index (χ1v) is 9.04. The van der Waals surface area contributed by atoms with Gasteiger partial charge >= 0.3 is 0 Å². The molecule has 1 fully saturated rings. The first kappa shape index (κ1) is 16.3. The molecule has 4 rings (SSSR count). The number of hydrogen-bond acceptors (Lipinski definition) is 4. The van der Waals surface area contributed by atoms with Crippen LogP contribution in [0.25, 0.3) is 10.9 Å². The van der Waals surface area contributed by atoms with Gasteiger partial charge < -0.3 is 5.11 Å². The Bertz CT molecular complexity index is 879. The van der Waals surface area contributed by atoms with Crippen molar-refractivity contribution >= 4 is 22.5 Å². The van der Waals surface area contributed by atoms with Crippen LogP contribution in [0.2, 0.25) is 5.02 Å². The highest BCUT2D eigenvalue weighted by molar-refractivity contribution is 6.35. The standard InChI is InChI=1S/C20H20ClN3O/c21-16-13-15(20(25)18-14(16)7-6-10-23-18)19(17-8-2-3-9-22-17)24-11-4-1-5-12-24/h2-3,6-10,13,19,25H,1,4-5,11-12H2. The van der Waals surface area contributed by atoms with Gasteiger partial charge in [-0.05, 0) is 56.3 Å². The number of aromatic hydroxyl groups is 1. The van der Waals surface area contributed by atoms with Gasteiger partial charge in [-0.2, -0.15) is 0 Å². The van der Waals surface area contributed by atoms with Crippen LogP contribution in [0.15, 0.2) is 48.8 Å². The van der Waals surface area contributed by atoms with Gasteiger partial charge in [0.05, 0.1) is 16.8 Å². The minimum absolute atomic E-state index is 0.120. The van der Waals surface area contributed by atoms with E-state index in [1.165, 1.54) is 6.42 Å². The van der Waals surface area contributed by atoms with Crippen LogP contribution in [0.5, 0.6) is 5.75 Å². The summed E-state index contributed by atoms with van der Waals surface area (Å²) in [4.78, 5) is 11.3. The third-order valence-electron chi connectivity index (χ3n) is 4.86. The number of pyridine rings is 2.